The van der Waals surface area contributed by atoms with E-state index in [1.54, 1.807) is 0 Å². The summed E-state index contributed by atoms with van der Waals surface area (Å²) in [6, 6.07) is 0. The number of rotatable bonds is 8. The number of carbonyl (C=O) groups is 1. The predicted molar refractivity (Wildman–Crippen MR) is 64.8 cm³/mol. The number of carbonyl (C=O) groups excluding carboxylic acids is 1. The Morgan fingerprint density at radius 3 is 2.29 bits per heavy atom. The van der Waals surface area contributed by atoms with Crippen molar-refractivity contribution in [3.63, 3.8) is 0 Å². The molecule has 0 aliphatic heterocycles. The average molecular weight is 264 g/mol. The fraction of sp³-hybridized carbons (Fsp3) is 0.909. The minimum absolute atomic E-state index is 0.319. The Morgan fingerprint density at radius 2 is 1.79 bits per heavy atom. The van der Waals surface area contributed by atoms with E-state index in [0.29, 0.717) is 12.3 Å². The second kappa shape index (κ2) is 9.50. The van der Waals surface area contributed by atoms with Crippen molar-refractivity contribution >= 4 is 21.8 Å². The molecule has 0 saturated carbocycles. The van der Waals surface area contributed by atoms with Gasteiger partial charge in [-0.15, -0.1) is 0 Å². The van der Waals surface area contributed by atoms with E-state index in [1.807, 2.05) is 4.90 Å². The van der Waals surface area contributed by atoms with E-state index in [0.717, 1.165) is 44.1 Å². The van der Waals surface area contributed by atoms with Crippen LogP contribution in [0.1, 0.15) is 46.0 Å². The smallest absolute Gasteiger partial charge is 0.222 e. The van der Waals surface area contributed by atoms with Crippen LogP contribution in [0.4, 0.5) is 0 Å². The summed E-state index contributed by atoms with van der Waals surface area (Å²) in [6.07, 6.45) is 5.10. The molecule has 0 heterocycles. The standard InChI is InChI=1S/C11H22BrNO/c1-3-5-7-11(14)13(10-8-12)9-6-4-2/h3-10H2,1-2H3. The Labute approximate surface area is 96.2 Å². The zero-order valence-corrected chi connectivity index (χ0v) is 11.0. The molecule has 14 heavy (non-hydrogen) atoms. The number of amides is 1. The van der Waals surface area contributed by atoms with E-state index in [1.165, 1.54) is 0 Å². The third-order valence-electron chi connectivity index (χ3n) is 2.23. The van der Waals surface area contributed by atoms with E-state index in [4.69, 9.17) is 0 Å². The summed E-state index contributed by atoms with van der Waals surface area (Å²) in [5.41, 5.74) is 0. The lowest BCUT2D eigenvalue weighted by Gasteiger charge is -2.21. The molecule has 0 aliphatic rings. The lowest BCUT2D eigenvalue weighted by molar-refractivity contribution is -0.131. The Hall–Kier alpha value is -0.0500. The summed E-state index contributed by atoms with van der Waals surface area (Å²) in [6.45, 7) is 6.05. The molecule has 0 radical (unpaired) electrons. The van der Waals surface area contributed by atoms with Gasteiger partial charge in [0.05, 0.1) is 0 Å². The highest BCUT2D eigenvalue weighted by atomic mass is 79.9. The maximum absolute atomic E-state index is 11.7. The Bertz CT molecular complexity index is 150. The third-order valence-corrected chi connectivity index (χ3v) is 2.59. The van der Waals surface area contributed by atoms with Crippen LogP contribution in [0.2, 0.25) is 0 Å². The van der Waals surface area contributed by atoms with Gasteiger partial charge in [-0.05, 0) is 12.8 Å². The fourth-order valence-corrected chi connectivity index (χ4v) is 1.73. The number of hydrogen-bond donors (Lipinski definition) is 0. The van der Waals surface area contributed by atoms with Crippen LogP contribution in [0.3, 0.4) is 0 Å². The summed E-state index contributed by atoms with van der Waals surface area (Å²) in [7, 11) is 0. The Kier molecular flexibility index (Phi) is 9.47. The first kappa shape index (κ1) is 13.9. The van der Waals surface area contributed by atoms with Crippen LogP contribution in [0, 0.1) is 0 Å². The number of nitrogens with zero attached hydrogens (tertiary/aromatic N) is 1. The molecule has 0 atom stereocenters. The van der Waals surface area contributed by atoms with Gasteiger partial charge < -0.3 is 4.90 Å². The summed E-state index contributed by atoms with van der Waals surface area (Å²) >= 11 is 3.38. The molecule has 0 rings (SSSR count). The highest BCUT2D eigenvalue weighted by molar-refractivity contribution is 9.09. The van der Waals surface area contributed by atoms with Gasteiger partial charge in [-0.3, -0.25) is 4.79 Å². The van der Waals surface area contributed by atoms with Gasteiger partial charge in [-0.2, -0.15) is 0 Å². The van der Waals surface area contributed by atoms with Gasteiger partial charge in [0.2, 0.25) is 5.91 Å². The zero-order chi connectivity index (χ0) is 10.8. The predicted octanol–water partition coefficient (Wildman–Crippen LogP) is 3.20. The molecule has 3 heteroatoms. The van der Waals surface area contributed by atoms with Crippen LogP contribution in [-0.4, -0.2) is 29.2 Å². The summed E-state index contributed by atoms with van der Waals surface area (Å²) < 4.78 is 0. The third kappa shape index (κ3) is 6.41. The molecule has 0 bridgehead atoms. The lowest BCUT2D eigenvalue weighted by Crippen LogP contribution is -2.33. The molecule has 1 amide bonds. The first-order chi connectivity index (χ1) is 6.76. The lowest BCUT2D eigenvalue weighted by atomic mass is 10.2. The van der Waals surface area contributed by atoms with Crippen LogP contribution in [-0.2, 0) is 4.79 Å². The maximum atomic E-state index is 11.7. The second-order valence-electron chi connectivity index (χ2n) is 3.53. The molecular weight excluding hydrogens is 242 g/mol. The van der Waals surface area contributed by atoms with Gasteiger partial charge in [0, 0.05) is 24.8 Å². The van der Waals surface area contributed by atoms with Crippen LogP contribution < -0.4 is 0 Å². The van der Waals surface area contributed by atoms with Gasteiger partial charge in [0.1, 0.15) is 0 Å². The molecule has 0 aromatic heterocycles. The maximum Gasteiger partial charge on any atom is 0.222 e. The molecular formula is C11H22BrNO. The van der Waals surface area contributed by atoms with E-state index in [2.05, 4.69) is 29.8 Å². The molecule has 84 valence electrons. The van der Waals surface area contributed by atoms with Gasteiger partial charge in [-0.1, -0.05) is 42.6 Å². The molecule has 2 nitrogen and oxygen atoms in total. The van der Waals surface area contributed by atoms with Crippen molar-refractivity contribution < 1.29 is 4.79 Å². The average Bonchev–Trinajstić information content (AvgIpc) is 2.20. The fourth-order valence-electron chi connectivity index (χ4n) is 1.30. The molecule has 0 unspecified atom stereocenters. The SMILES string of the molecule is CCCCC(=O)N(CCBr)CCCC. The minimum Gasteiger partial charge on any atom is -0.342 e. The van der Waals surface area contributed by atoms with Gasteiger partial charge >= 0.3 is 0 Å². The summed E-state index contributed by atoms with van der Waals surface area (Å²) in [4.78, 5) is 13.7. The van der Waals surface area contributed by atoms with Crippen molar-refractivity contribution in [2.24, 2.45) is 0 Å². The van der Waals surface area contributed by atoms with E-state index < -0.39 is 0 Å². The highest BCUT2D eigenvalue weighted by Gasteiger charge is 2.10. The molecule has 0 aromatic rings. The van der Waals surface area contributed by atoms with Crippen molar-refractivity contribution in [1.82, 2.24) is 4.90 Å². The normalized spacial score (nSPS) is 10.2. The van der Waals surface area contributed by atoms with Gasteiger partial charge in [-0.25, -0.2) is 0 Å². The van der Waals surface area contributed by atoms with Crippen molar-refractivity contribution in [3.8, 4) is 0 Å². The van der Waals surface area contributed by atoms with Crippen LogP contribution in [0.15, 0.2) is 0 Å². The van der Waals surface area contributed by atoms with Gasteiger partial charge in [0.15, 0.2) is 0 Å². The largest absolute Gasteiger partial charge is 0.342 e. The quantitative estimate of drug-likeness (QED) is 0.616. The van der Waals surface area contributed by atoms with Crippen molar-refractivity contribution in [1.29, 1.82) is 0 Å². The topological polar surface area (TPSA) is 20.3 Å². The first-order valence-electron chi connectivity index (χ1n) is 5.60. The minimum atomic E-state index is 0.319. The second-order valence-corrected chi connectivity index (χ2v) is 4.32. The first-order valence-corrected chi connectivity index (χ1v) is 6.72. The monoisotopic (exact) mass is 263 g/mol. The molecule has 0 aliphatic carbocycles. The van der Waals surface area contributed by atoms with E-state index in [-0.39, 0.29) is 0 Å². The molecule has 0 saturated heterocycles. The van der Waals surface area contributed by atoms with Gasteiger partial charge in [0.25, 0.3) is 0 Å². The Balaban J connectivity index is 3.84. The van der Waals surface area contributed by atoms with Crippen LogP contribution in [0.5, 0.6) is 0 Å². The number of halogens is 1. The zero-order valence-electron chi connectivity index (χ0n) is 9.39. The summed E-state index contributed by atoms with van der Waals surface area (Å²) in [5.74, 6) is 0.319. The van der Waals surface area contributed by atoms with E-state index >= 15 is 0 Å². The highest BCUT2D eigenvalue weighted by Crippen LogP contribution is 2.03. The number of alkyl halides is 1. The van der Waals surface area contributed by atoms with E-state index in [9.17, 15) is 4.79 Å². The number of hydrogen-bond acceptors (Lipinski definition) is 1. The number of unbranched alkanes of at least 4 members (excludes halogenated alkanes) is 2. The molecule has 0 N–H and O–H groups in total. The van der Waals surface area contributed by atoms with Crippen LogP contribution in [0.25, 0.3) is 0 Å². The van der Waals surface area contributed by atoms with Crippen molar-refractivity contribution in [3.05, 3.63) is 0 Å². The van der Waals surface area contributed by atoms with Crippen LogP contribution >= 0.6 is 15.9 Å². The van der Waals surface area contributed by atoms with Crippen molar-refractivity contribution in [2.75, 3.05) is 18.4 Å². The molecule has 0 spiro atoms. The summed E-state index contributed by atoms with van der Waals surface area (Å²) in [5, 5.41) is 0.884. The molecule has 0 aromatic carbocycles. The Morgan fingerprint density at radius 1 is 1.14 bits per heavy atom. The molecule has 0 fully saturated rings. The van der Waals surface area contributed by atoms with Crippen molar-refractivity contribution in [2.45, 2.75) is 46.0 Å².